The van der Waals surface area contributed by atoms with E-state index in [0.717, 1.165) is 19.4 Å². The van der Waals surface area contributed by atoms with Crippen molar-refractivity contribution in [1.29, 1.82) is 0 Å². The Balaban J connectivity index is 1.99. The Labute approximate surface area is 98.4 Å². The van der Waals surface area contributed by atoms with Crippen molar-refractivity contribution in [2.45, 2.75) is 45.6 Å². The second-order valence-corrected chi connectivity index (χ2v) is 5.69. The van der Waals surface area contributed by atoms with Crippen molar-refractivity contribution in [1.82, 2.24) is 4.90 Å². The molecule has 4 atom stereocenters. The van der Waals surface area contributed by atoms with Crippen LogP contribution in [0.25, 0.3) is 0 Å². The second-order valence-electron chi connectivity index (χ2n) is 5.69. The van der Waals surface area contributed by atoms with Gasteiger partial charge in [-0.1, -0.05) is 13.3 Å². The largest absolute Gasteiger partial charge is 0.339 e. The van der Waals surface area contributed by atoms with Crippen LogP contribution in [0.3, 0.4) is 0 Å². The van der Waals surface area contributed by atoms with Crippen molar-refractivity contribution in [3.63, 3.8) is 0 Å². The highest BCUT2D eigenvalue weighted by Crippen LogP contribution is 2.35. The third kappa shape index (κ3) is 2.10. The molecule has 4 unspecified atom stereocenters. The molecule has 2 fully saturated rings. The zero-order valence-corrected chi connectivity index (χ0v) is 10.5. The van der Waals surface area contributed by atoms with Gasteiger partial charge in [0.2, 0.25) is 5.91 Å². The number of carbonyl (C=O) groups excluding carboxylic acids is 1. The number of hydrogen-bond donors (Lipinski definition) is 1. The minimum atomic E-state index is 0.291. The fourth-order valence-corrected chi connectivity index (χ4v) is 3.35. The van der Waals surface area contributed by atoms with Gasteiger partial charge in [0, 0.05) is 18.5 Å². The van der Waals surface area contributed by atoms with Gasteiger partial charge in [0.25, 0.3) is 0 Å². The first-order chi connectivity index (χ1) is 7.63. The SMILES string of the molecule is CC1CCCC1C(=O)N1CC(CN)CC1C. The predicted molar refractivity (Wildman–Crippen MR) is 64.8 cm³/mol. The summed E-state index contributed by atoms with van der Waals surface area (Å²) in [5.41, 5.74) is 5.70. The summed E-state index contributed by atoms with van der Waals surface area (Å²) in [6.07, 6.45) is 4.62. The molecule has 92 valence electrons. The molecule has 1 aliphatic carbocycles. The van der Waals surface area contributed by atoms with E-state index in [4.69, 9.17) is 5.73 Å². The van der Waals surface area contributed by atoms with Gasteiger partial charge < -0.3 is 10.6 Å². The average Bonchev–Trinajstić information content (AvgIpc) is 2.83. The lowest BCUT2D eigenvalue weighted by molar-refractivity contribution is -0.137. The predicted octanol–water partition coefficient (Wildman–Crippen LogP) is 1.62. The molecule has 16 heavy (non-hydrogen) atoms. The fourth-order valence-electron chi connectivity index (χ4n) is 3.35. The number of rotatable bonds is 2. The van der Waals surface area contributed by atoms with Crippen LogP contribution in [0.4, 0.5) is 0 Å². The van der Waals surface area contributed by atoms with Crippen molar-refractivity contribution in [3.05, 3.63) is 0 Å². The van der Waals surface area contributed by atoms with E-state index in [9.17, 15) is 4.79 Å². The number of hydrogen-bond acceptors (Lipinski definition) is 2. The van der Waals surface area contributed by atoms with Gasteiger partial charge in [0.15, 0.2) is 0 Å². The van der Waals surface area contributed by atoms with Crippen LogP contribution < -0.4 is 5.73 Å². The first-order valence-electron chi connectivity index (χ1n) is 6.64. The molecule has 0 bridgehead atoms. The molecule has 1 aliphatic heterocycles. The number of carbonyl (C=O) groups is 1. The van der Waals surface area contributed by atoms with Gasteiger partial charge in [0.1, 0.15) is 0 Å². The molecule has 3 heteroatoms. The maximum Gasteiger partial charge on any atom is 0.226 e. The molecule has 2 rings (SSSR count). The zero-order chi connectivity index (χ0) is 11.7. The van der Waals surface area contributed by atoms with Crippen molar-refractivity contribution < 1.29 is 4.79 Å². The first kappa shape index (κ1) is 11.9. The van der Waals surface area contributed by atoms with Gasteiger partial charge in [0.05, 0.1) is 0 Å². The summed E-state index contributed by atoms with van der Waals surface area (Å²) in [4.78, 5) is 14.5. The molecule has 0 aromatic rings. The molecule has 1 heterocycles. The lowest BCUT2D eigenvalue weighted by atomic mass is 9.96. The van der Waals surface area contributed by atoms with Crippen LogP contribution in [0.15, 0.2) is 0 Å². The molecule has 0 radical (unpaired) electrons. The van der Waals surface area contributed by atoms with E-state index in [1.165, 1.54) is 12.8 Å². The average molecular weight is 224 g/mol. The van der Waals surface area contributed by atoms with Gasteiger partial charge in [-0.15, -0.1) is 0 Å². The number of nitrogens with zero attached hydrogens (tertiary/aromatic N) is 1. The maximum atomic E-state index is 12.4. The Morgan fingerprint density at radius 2 is 2.12 bits per heavy atom. The van der Waals surface area contributed by atoms with E-state index in [1.807, 2.05) is 0 Å². The Bertz CT molecular complexity index is 267. The quantitative estimate of drug-likeness (QED) is 0.774. The molecule has 1 amide bonds. The molecule has 0 aromatic carbocycles. The van der Waals surface area contributed by atoms with E-state index in [-0.39, 0.29) is 0 Å². The van der Waals surface area contributed by atoms with Crippen LogP contribution in [0, 0.1) is 17.8 Å². The van der Waals surface area contributed by atoms with Crippen LogP contribution in [-0.4, -0.2) is 29.9 Å². The smallest absolute Gasteiger partial charge is 0.226 e. The van der Waals surface area contributed by atoms with Crippen LogP contribution in [0.2, 0.25) is 0 Å². The summed E-state index contributed by atoms with van der Waals surface area (Å²) in [5, 5.41) is 0. The Hall–Kier alpha value is -0.570. The molecule has 2 N–H and O–H groups in total. The topological polar surface area (TPSA) is 46.3 Å². The Morgan fingerprint density at radius 1 is 1.38 bits per heavy atom. The lowest BCUT2D eigenvalue weighted by Crippen LogP contribution is -2.39. The lowest BCUT2D eigenvalue weighted by Gasteiger charge is -2.26. The monoisotopic (exact) mass is 224 g/mol. The molecule has 1 saturated heterocycles. The van der Waals surface area contributed by atoms with E-state index >= 15 is 0 Å². The number of nitrogens with two attached hydrogens (primary N) is 1. The molecular formula is C13H24N2O. The summed E-state index contributed by atoms with van der Waals surface area (Å²) >= 11 is 0. The van der Waals surface area contributed by atoms with Gasteiger partial charge in [-0.05, 0) is 44.6 Å². The molecule has 0 spiro atoms. The van der Waals surface area contributed by atoms with Crippen LogP contribution in [0.5, 0.6) is 0 Å². The third-order valence-electron chi connectivity index (χ3n) is 4.46. The number of likely N-dealkylation sites (tertiary alicyclic amines) is 1. The summed E-state index contributed by atoms with van der Waals surface area (Å²) in [6.45, 7) is 5.98. The van der Waals surface area contributed by atoms with Gasteiger partial charge in [-0.3, -0.25) is 4.79 Å². The highest BCUT2D eigenvalue weighted by atomic mass is 16.2. The van der Waals surface area contributed by atoms with Crippen LogP contribution >= 0.6 is 0 Å². The third-order valence-corrected chi connectivity index (χ3v) is 4.46. The summed E-state index contributed by atoms with van der Waals surface area (Å²) in [6, 6.07) is 0.397. The van der Waals surface area contributed by atoms with E-state index < -0.39 is 0 Å². The molecular weight excluding hydrogens is 200 g/mol. The van der Waals surface area contributed by atoms with E-state index in [1.54, 1.807) is 0 Å². The maximum absolute atomic E-state index is 12.4. The minimum Gasteiger partial charge on any atom is -0.339 e. The Morgan fingerprint density at radius 3 is 2.62 bits per heavy atom. The normalized spacial score (nSPS) is 39.3. The molecule has 2 aliphatic rings. The van der Waals surface area contributed by atoms with Gasteiger partial charge in [-0.25, -0.2) is 0 Å². The summed E-state index contributed by atoms with van der Waals surface area (Å²) in [7, 11) is 0. The Kier molecular flexibility index (Phi) is 3.53. The summed E-state index contributed by atoms with van der Waals surface area (Å²) in [5.74, 6) is 1.79. The standard InChI is InChI=1S/C13H24N2O/c1-9-4-3-5-12(9)13(16)15-8-11(7-14)6-10(15)2/h9-12H,3-8,14H2,1-2H3. The van der Waals surface area contributed by atoms with Gasteiger partial charge in [-0.2, -0.15) is 0 Å². The number of amides is 1. The van der Waals surface area contributed by atoms with E-state index in [2.05, 4.69) is 18.7 Å². The van der Waals surface area contributed by atoms with Crippen molar-refractivity contribution in [3.8, 4) is 0 Å². The van der Waals surface area contributed by atoms with Crippen molar-refractivity contribution in [2.75, 3.05) is 13.1 Å². The van der Waals surface area contributed by atoms with Crippen LogP contribution in [0.1, 0.15) is 39.5 Å². The van der Waals surface area contributed by atoms with Gasteiger partial charge >= 0.3 is 0 Å². The highest BCUT2D eigenvalue weighted by molar-refractivity contribution is 5.80. The highest BCUT2D eigenvalue weighted by Gasteiger charge is 2.38. The minimum absolute atomic E-state index is 0.291. The first-order valence-corrected chi connectivity index (χ1v) is 6.64. The van der Waals surface area contributed by atoms with Crippen LogP contribution in [-0.2, 0) is 4.79 Å². The van der Waals surface area contributed by atoms with Crippen molar-refractivity contribution >= 4 is 5.91 Å². The fraction of sp³-hybridized carbons (Fsp3) is 0.923. The molecule has 1 saturated carbocycles. The molecule has 0 aromatic heterocycles. The van der Waals surface area contributed by atoms with Crippen molar-refractivity contribution in [2.24, 2.45) is 23.5 Å². The van der Waals surface area contributed by atoms with E-state index in [0.29, 0.717) is 36.2 Å². The second kappa shape index (κ2) is 4.74. The zero-order valence-electron chi connectivity index (χ0n) is 10.5. The molecule has 3 nitrogen and oxygen atoms in total. The summed E-state index contributed by atoms with van der Waals surface area (Å²) < 4.78 is 0.